The van der Waals surface area contributed by atoms with Gasteiger partial charge < -0.3 is 42.0 Å². The first-order valence-electron chi connectivity index (χ1n) is 12.4. The summed E-state index contributed by atoms with van der Waals surface area (Å²) < 4.78 is 11.0. The maximum absolute atomic E-state index is 13.2. The van der Waals surface area contributed by atoms with E-state index in [2.05, 4.69) is 16.0 Å². The van der Waals surface area contributed by atoms with E-state index in [9.17, 15) is 24.3 Å². The largest absolute Gasteiger partial charge is 0.491 e. The number of rotatable bonds is 18. The highest BCUT2D eigenvalue weighted by molar-refractivity contribution is 5.97. The third-order valence-corrected chi connectivity index (χ3v) is 5.47. The lowest BCUT2D eigenvalue weighted by Crippen LogP contribution is -2.44. The number of carbonyl (C=O) groups excluding carboxylic acids is 4. The Morgan fingerprint density at radius 3 is 2.43 bits per heavy atom. The third kappa shape index (κ3) is 12.5. The lowest BCUT2D eigenvalue weighted by molar-refractivity contribution is -0.130. The zero-order valence-corrected chi connectivity index (χ0v) is 21.9. The molecule has 12 heteroatoms. The van der Waals surface area contributed by atoms with Gasteiger partial charge in [0.15, 0.2) is 5.78 Å². The molecule has 0 fully saturated rings. The van der Waals surface area contributed by atoms with Gasteiger partial charge in [-0.25, -0.2) is 4.79 Å². The second-order valence-electron chi connectivity index (χ2n) is 8.94. The molecule has 0 aliphatic rings. The molecule has 0 heterocycles. The van der Waals surface area contributed by atoms with Crippen LogP contribution in [0.25, 0.3) is 0 Å². The SMILES string of the molecule is CC(=O)N[C@H](C(=O)C[C@@H](CCCNC(N)=O)C(=O)Nc1ccc(CO)c(OCCOCCN)c1)C(C)C. The van der Waals surface area contributed by atoms with Crippen molar-refractivity contribution in [2.45, 2.75) is 52.7 Å². The van der Waals surface area contributed by atoms with Gasteiger partial charge in [-0.15, -0.1) is 0 Å². The van der Waals surface area contributed by atoms with Gasteiger partial charge in [0.1, 0.15) is 12.4 Å². The van der Waals surface area contributed by atoms with Gasteiger partial charge in [0, 0.05) is 49.7 Å². The number of nitrogens with two attached hydrogens (primary N) is 2. The lowest BCUT2D eigenvalue weighted by atomic mass is 9.89. The molecule has 0 unspecified atom stereocenters. The van der Waals surface area contributed by atoms with Gasteiger partial charge in [0.05, 0.1) is 25.9 Å². The van der Waals surface area contributed by atoms with Gasteiger partial charge in [-0.05, 0) is 24.8 Å². The zero-order chi connectivity index (χ0) is 27.8. The number of primary amides is 1. The summed E-state index contributed by atoms with van der Waals surface area (Å²) in [5.74, 6) is -1.47. The van der Waals surface area contributed by atoms with Crippen LogP contribution in [0.1, 0.15) is 45.6 Å². The summed E-state index contributed by atoms with van der Waals surface area (Å²) in [6.07, 6.45) is 0.628. The van der Waals surface area contributed by atoms with Gasteiger partial charge in [-0.3, -0.25) is 14.4 Å². The second-order valence-corrected chi connectivity index (χ2v) is 8.94. The van der Waals surface area contributed by atoms with Crippen LogP contribution < -0.4 is 32.2 Å². The average molecular weight is 524 g/mol. The van der Waals surface area contributed by atoms with Crippen LogP contribution in [0.15, 0.2) is 18.2 Å². The Labute approximate surface area is 217 Å². The number of Topliss-reactive ketones (excluding diaryl/α,β-unsaturated/α-hetero) is 1. The number of hydrogen-bond acceptors (Lipinski definition) is 8. The fourth-order valence-electron chi connectivity index (χ4n) is 3.63. The van der Waals surface area contributed by atoms with Crippen molar-refractivity contribution >= 4 is 29.3 Å². The van der Waals surface area contributed by atoms with Crippen LogP contribution in [0.5, 0.6) is 5.75 Å². The highest BCUT2D eigenvalue weighted by Gasteiger charge is 2.29. The maximum Gasteiger partial charge on any atom is 0.312 e. The normalized spacial score (nSPS) is 12.5. The molecular weight excluding hydrogens is 482 g/mol. The Balaban J connectivity index is 2.98. The molecule has 0 bridgehead atoms. The van der Waals surface area contributed by atoms with Crippen molar-refractivity contribution in [3.8, 4) is 5.75 Å². The second kappa shape index (κ2) is 17.3. The summed E-state index contributed by atoms with van der Waals surface area (Å²) in [7, 11) is 0. The quantitative estimate of drug-likeness (QED) is 0.151. The monoisotopic (exact) mass is 523 g/mol. The minimum absolute atomic E-state index is 0.0951. The average Bonchev–Trinajstić information content (AvgIpc) is 2.83. The molecule has 4 amide bonds. The van der Waals surface area contributed by atoms with Crippen LogP contribution >= 0.6 is 0 Å². The van der Waals surface area contributed by atoms with Gasteiger partial charge >= 0.3 is 6.03 Å². The zero-order valence-electron chi connectivity index (χ0n) is 21.9. The van der Waals surface area contributed by atoms with Crippen LogP contribution in [-0.2, 0) is 25.7 Å². The van der Waals surface area contributed by atoms with Gasteiger partial charge in [0.25, 0.3) is 0 Å². The minimum Gasteiger partial charge on any atom is -0.491 e. The van der Waals surface area contributed by atoms with Crippen LogP contribution in [-0.4, -0.2) is 67.7 Å². The molecule has 1 rings (SSSR count). The van der Waals surface area contributed by atoms with Crippen LogP contribution in [0.4, 0.5) is 10.5 Å². The van der Waals surface area contributed by atoms with Crippen LogP contribution in [0.2, 0.25) is 0 Å². The molecular formula is C25H41N5O7. The standard InChI is InChI=1S/C25H41N5O7/c1-16(2)23(29-17(3)32)21(33)13-18(5-4-9-28-25(27)35)24(34)30-20-7-6-19(15-31)22(14-20)37-12-11-36-10-8-26/h6-7,14,16,18,23,31H,4-5,8-13,15,26H2,1-3H3,(H,29,32)(H,30,34)(H3,27,28,35)/t18-,23+/m1/s1. The molecule has 0 aliphatic carbocycles. The highest BCUT2D eigenvalue weighted by atomic mass is 16.5. The number of hydrogen-bond donors (Lipinski definition) is 6. The molecule has 1 aromatic carbocycles. The van der Waals surface area contributed by atoms with Crippen molar-refractivity contribution in [1.82, 2.24) is 10.6 Å². The van der Waals surface area contributed by atoms with Crippen molar-refractivity contribution in [3.63, 3.8) is 0 Å². The molecule has 37 heavy (non-hydrogen) atoms. The molecule has 0 radical (unpaired) electrons. The predicted octanol–water partition coefficient (Wildman–Crippen LogP) is 0.656. The first-order chi connectivity index (χ1) is 17.6. The number of amides is 4. The number of aliphatic hydroxyl groups excluding tert-OH is 1. The summed E-state index contributed by atoms with van der Waals surface area (Å²) in [5.41, 5.74) is 11.5. The first kappa shape index (κ1) is 31.8. The molecule has 8 N–H and O–H groups in total. The van der Waals surface area contributed by atoms with Crippen molar-refractivity contribution in [3.05, 3.63) is 23.8 Å². The molecule has 0 saturated carbocycles. The van der Waals surface area contributed by atoms with Crippen LogP contribution in [0, 0.1) is 11.8 Å². The van der Waals surface area contributed by atoms with Gasteiger partial charge in [-0.2, -0.15) is 0 Å². The number of nitrogens with one attached hydrogen (secondary N) is 3. The Morgan fingerprint density at radius 1 is 1.11 bits per heavy atom. The Hall–Kier alpha value is -3.22. The number of urea groups is 1. The summed E-state index contributed by atoms with van der Waals surface area (Å²) in [6, 6.07) is 3.46. The van der Waals surface area contributed by atoms with Crippen molar-refractivity contribution in [2.75, 3.05) is 38.2 Å². The molecule has 0 aromatic heterocycles. The topological polar surface area (TPSA) is 195 Å². The smallest absolute Gasteiger partial charge is 0.312 e. The summed E-state index contributed by atoms with van der Waals surface area (Å²) >= 11 is 0. The maximum atomic E-state index is 13.2. The van der Waals surface area contributed by atoms with Crippen molar-refractivity contribution in [1.29, 1.82) is 0 Å². The van der Waals surface area contributed by atoms with E-state index in [1.165, 1.54) is 6.92 Å². The Morgan fingerprint density at radius 2 is 1.84 bits per heavy atom. The first-order valence-corrected chi connectivity index (χ1v) is 12.4. The van der Waals surface area contributed by atoms with E-state index < -0.39 is 23.9 Å². The van der Waals surface area contributed by atoms with E-state index in [4.69, 9.17) is 20.9 Å². The molecule has 208 valence electrons. The number of anilines is 1. The molecule has 2 atom stereocenters. The molecule has 1 aromatic rings. The van der Waals surface area contributed by atoms with E-state index in [0.29, 0.717) is 49.6 Å². The minimum atomic E-state index is -0.720. The number of benzene rings is 1. The predicted molar refractivity (Wildman–Crippen MR) is 139 cm³/mol. The Bertz CT molecular complexity index is 894. The summed E-state index contributed by atoms with van der Waals surface area (Å²) in [4.78, 5) is 48.8. The van der Waals surface area contributed by atoms with E-state index in [-0.39, 0.29) is 43.8 Å². The fraction of sp³-hybridized carbons (Fsp3) is 0.600. The van der Waals surface area contributed by atoms with E-state index in [1.807, 2.05) is 13.8 Å². The summed E-state index contributed by atoms with van der Waals surface area (Å²) in [6.45, 7) is 6.31. The van der Waals surface area contributed by atoms with Crippen LogP contribution in [0.3, 0.4) is 0 Å². The van der Waals surface area contributed by atoms with E-state index in [0.717, 1.165) is 0 Å². The summed E-state index contributed by atoms with van der Waals surface area (Å²) in [5, 5.41) is 17.6. The Kier molecular flexibility index (Phi) is 14.8. The van der Waals surface area contributed by atoms with Gasteiger partial charge in [-0.1, -0.05) is 19.9 Å². The molecule has 0 aliphatic heterocycles. The number of ether oxygens (including phenoxy) is 2. The highest BCUT2D eigenvalue weighted by Crippen LogP contribution is 2.25. The van der Waals surface area contributed by atoms with Crippen molar-refractivity contribution < 1.29 is 33.8 Å². The van der Waals surface area contributed by atoms with E-state index in [1.54, 1.807) is 18.2 Å². The lowest BCUT2D eigenvalue weighted by Gasteiger charge is -2.23. The third-order valence-electron chi connectivity index (χ3n) is 5.47. The number of aliphatic hydroxyl groups is 1. The molecule has 0 saturated heterocycles. The van der Waals surface area contributed by atoms with E-state index >= 15 is 0 Å². The van der Waals surface area contributed by atoms with Crippen molar-refractivity contribution in [2.24, 2.45) is 23.3 Å². The molecule has 12 nitrogen and oxygen atoms in total. The number of ketones is 1. The fourth-order valence-corrected chi connectivity index (χ4v) is 3.63. The number of carbonyl (C=O) groups is 4. The molecule has 0 spiro atoms. The van der Waals surface area contributed by atoms with Gasteiger partial charge in [0.2, 0.25) is 11.8 Å².